The topological polar surface area (TPSA) is 38.7 Å². The largest absolute Gasteiger partial charge is 0.490 e. The van der Waals surface area contributed by atoms with Crippen LogP contribution in [0.4, 0.5) is 0 Å². The van der Waals surface area contributed by atoms with E-state index in [0.29, 0.717) is 29.7 Å². The summed E-state index contributed by atoms with van der Waals surface area (Å²) in [5.74, 6) is 1.39. The highest BCUT2D eigenvalue weighted by atomic mass is 35.5. The molecular weight excluding hydrogens is 264 g/mol. The summed E-state index contributed by atoms with van der Waals surface area (Å²) in [7, 11) is 0. The lowest BCUT2D eigenvalue weighted by Crippen LogP contribution is -2.10. The van der Waals surface area contributed by atoms with Crippen LogP contribution < -0.4 is 9.47 Å². The van der Waals surface area contributed by atoms with Crippen LogP contribution in [-0.4, -0.2) is 18.3 Å². The summed E-state index contributed by atoms with van der Waals surface area (Å²) in [4.78, 5) is 0. The van der Waals surface area contributed by atoms with Crippen LogP contribution in [-0.2, 0) is 6.61 Å². The Bertz CT molecular complexity index is 528. The van der Waals surface area contributed by atoms with Crippen molar-refractivity contribution in [3.05, 3.63) is 59.1 Å². The summed E-state index contributed by atoms with van der Waals surface area (Å²) >= 11 is 5.85. The summed E-state index contributed by atoms with van der Waals surface area (Å²) in [6.07, 6.45) is 0. The Morgan fingerprint density at radius 2 is 1.74 bits per heavy atom. The summed E-state index contributed by atoms with van der Waals surface area (Å²) in [6.45, 7) is 0.787. The van der Waals surface area contributed by atoms with Crippen molar-refractivity contribution in [1.29, 1.82) is 0 Å². The molecule has 100 valence electrons. The van der Waals surface area contributed by atoms with E-state index in [1.165, 1.54) is 0 Å². The van der Waals surface area contributed by atoms with Crippen LogP contribution in [0.25, 0.3) is 0 Å². The zero-order chi connectivity index (χ0) is 13.5. The Morgan fingerprint density at radius 3 is 2.53 bits per heavy atom. The molecule has 0 unspecified atom stereocenters. The molecule has 19 heavy (non-hydrogen) atoms. The minimum absolute atomic E-state index is 0.0364. The molecule has 0 fully saturated rings. The smallest absolute Gasteiger partial charge is 0.124 e. The molecule has 0 aliphatic rings. The van der Waals surface area contributed by atoms with Crippen LogP contribution >= 0.6 is 11.6 Å². The number of hydrogen-bond donors (Lipinski definition) is 1. The van der Waals surface area contributed by atoms with E-state index in [1.54, 1.807) is 12.1 Å². The lowest BCUT2D eigenvalue weighted by molar-refractivity contribution is 0.210. The molecule has 0 saturated carbocycles. The highest BCUT2D eigenvalue weighted by Gasteiger charge is 2.01. The monoisotopic (exact) mass is 278 g/mol. The summed E-state index contributed by atoms with van der Waals surface area (Å²) < 4.78 is 11.1. The third kappa shape index (κ3) is 4.16. The first kappa shape index (κ1) is 13.7. The van der Waals surface area contributed by atoms with Gasteiger partial charge in [0.2, 0.25) is 0 Å². The Hall–Kier alpha value is -1.71. The lowest BCUT2D eigenvalue weighted by Gasteiger charge is -2.11. The van der Waals surface area contributed by atoms with E-state index >= 15 is 0 Å². The van der Waals surface area contributed by atoms with Gasteiger partial charge in [0.05, 0.1) is 6.61 Å². The molecule has 3 nitrogen and oxygen atoms in total. The van der Waals surface area contributed by atoms with Gasteiger partial charge in [-0.3, -0.25) is 0 Å². The van der Waals surface area contributed by atoms with Gasteiger partial charge in [-0.2, -0.15) is 0 Å². The molecule has 0 atom stereocenters. The van der Waals surface area contributed by atoms with Gasteiger partial charge in [-0.25, -0.2) is 0 Å². The fourth-order valence-corrected chi connectivity index (χ4v) is 1.82. The standard InChI is InChI=1S/C15H15ClO3/c16-13-5-3-6-14(10-13)18-8-9-19-15-7-2-1-4-12(15)11-17/h1-7,10,17H,8-9,11H2. The molecule has 2 rings (SSSR count). The Morgan fingerprint density at radius 1 is 0.947 bits per heavy atom. The Kier molecular flexibility index (Phi) is 5.07. The normalized spacial score (nSPS) is 10.2. The molecule has 0 heterocycles. The zero-order valence-electron chi connectivity index (χ0n) is 10.4. The molecule has 0 aliphatic heterocycles. The van der Waals surface area contributed by atoms with Crippen LogP contribution in [0.2, 0.25) is 5.02 Å². The average Bonchev–Trinajstić information content (AvgIpc) is 2.44. The predicted molar refractivity (Wildman–Crippen MR) is 74.8 cm³/mol. The highest BCUT2D eigenvalue weighted by Crippen LogP contribution is 2.19. The van der Waals surface area contributed by atoms with E-state index in [9.17, 15) is 0 Å². The van der Waals surface area contributed by atoms with Crippen molar-refractivity contribution in [1.82, 2.24) is 0 Å². The van der Waals surface area contributed by atoms with Crippen LogP contribution in [0.1, 0.15) is 5.56 Å². The predicted octanol–water partition coefficient (Wildman–Crippen LogP) is 3.29. The molecule has 0 amide bonds. The van der Waals surface area contributed by atoms with Gasteiger partial charge in [-0.1, -0.05) is 35.9 Å². The van der Waals surface area contributed by atoms with Crippen molar-refractivity contribution in [3.8, 4) is 11.5 Å². The van der Waals surface area contributed by atoms with Gasteiger partial charge in [0.15, 0.2) is 0 Å². The maximum atomic E-state index is 9.16. The van der Waals surface area contributed by atoms with Gasteiger partial charge in [-0.05, 0) is 24.3 Å². The SMILES string of the molecule is OCc1ccccc1OCCOc1cccc(Cl)c1. The molecule has 0 aromatic heterocycles. The molecule has 0 radical (unpaired) electrons. The van der Waals surface area contributed by atoms with E-state index in [1.807, 2.05) is 36.4 Å². The van der Waals surface area contributed by atoms with Crippen LogP contribution in [0.15, 0.2) is 48.5 Å². The third-order valence-electron chi connectivity index (χ3n) is 2.55. The van der Waals surface area contributed by atoms with Gasteiger partial charge >= 0.3 is 0 Å². The first-order valence-corrected chi connectivity index (χ1v) is 6.37. The fraction of sp³-hybridized carbons (Fsp3) is 0.200. The first-order valence-electron chi connectivity index (χ1n) is 5.99. The Balaban J connectivity index is 1.81. The summed E-state index contributed by atoms with van der Waals surface area (Å²) in [5, 5.41) is 9.80. The fourth-order valence-electron chi connectivity index (χ4n) is 1.64. The van der Waals surface area contributed by atoms with Crippen molar-refractivity contribution < 1.29 is 14.6 Å². The number of ether oxygens (including phenoxy) is 2. The molecule has 0 aliphatic carbocycles. The number of rotatable bonds is 6. The summed E-state index contributed by atoms with van der Waals surface area (Å²) in [6, 6.07) is 14.6. The highest BCUT2D eigenvalue weighted by molar-refractivity contribution is 6.30. The number of aliphatic hydroxyl groups is 1. The van der Waals surface area contributed by atoms with E-state index in [-0.39, 0.29) is 6.61 Å². The van der Waals surface area contributed by atoms with Crippen molar-refractivity contribution in [2.24, 2.45) is 0 Å². The number of para-hydroxylation sites is 1. The molecule has 2 aromatic rings. The van der Waals surface area contributed by atoms with Gasteiger partial charge < -0.3 is 14.6 Å². The number of hydrogen-bond acceptors (Lipinski definition) is 3. The molecule has 4 heteroatoms. The lowest BCUT2D eigenvalue weighted by atomic mass is 10.2. The molecule has 1 N–H and O–H groups in total. The maximum absolute atomic E-state index is 9.16. The van der Waals surface area contributed by atoms with E-state index < -0.39 is 0 Å². The van der Waals surface area contributed by atoms with E-state index in [0.717, 1.165) is 5.56 Å². The van der Waals surface area contributed by atoms with Crippen LogP contribution in [0.5, 0.6) is 11.5 Å². The van der Waals surface area contributed by atoms with Gasteiger partial charge in [0, 0.05) is 10.6 Å². The average molecular weight is 279 g/mol. The van der Waals surface area contributed by atoms with E-state index in [4.69, 9.17) is 26.2 Å². The minimum Gasteiger partial charge on any atom is -0.490 e. The van der Waals surface area contributed by atoms with E-state index in [2.05, 4.69) is 0 Å². The number of aliphatic hydroxyl groups excluding tert-OH is 1. The first-order chi connectivity index (χ1) is 9.29. The third-order valence-corrected chi connectivity index (χ3v) is 2.78. The number of halogens is 1. The van der Waals surface area contributed by atoms with Crippen molar-refractivity contribution in [2.75, 3.05) is 13.2 Å². The molecular formula is C15H15ClO3. The van der Waals surface area contributed by atoms with Gasteiger partial charge in [0.1, 0.15) is 24.7 Å². The second-order valence-corrected chi connectivity index (χ2v) is 4.36. The molecule has 2 aromatic carbocycles. The second-order valence-electron chi connectivity index (χ2n) is 3.92. The van der Waals surface area contributed by atoms with Crippen molar-refractivity contribution >= 4 is 11.6 Å². The number of benzene rings is 2. The second kappa shape index (κ2) is 7.02. The van der Waals surface area contributed by atoms with Crippen LogP contribution in [0.3, 0.4) is 0 Å². The molecule has 0 spiro atoms. The van der Waals surface area contributed by atoms with Gasteiger partial charge in [0.25, 0.3) is 0 Å². The van der Waals surface area contributed by atoms with Gasteiger partial charge in [-0.15, -0.1) is 0 Å². The summed E-state index contributed by atoms with van der Waals surface area (Å²) in [5.41, 5.74) is 0.769. The minimum atomic E-state index is -0.0364. The molecule has 0 saturated heterocycles. The maximum Gasteiger partial charge on any atom is 0.124 e. The quantitative estimate of drug-likeness (QED) is 0.824. The molecule has 0 bridgehead atoms. The van der Waals surface area contributed by atoms with Crippen molar-refractivity contribution in [3.63, 3.8) is 0 Å². The Labute approximate surface area is 117 Å². The van der Waals surface area contributed by atoms with Crippen LogP contribution in [0, 0.1) is 0 Å². The zero-order valence-corrected chi connectivity index (χ0v) is 11.1. The van der Waals surface area contributed by atoms with Crippen molar-refractivity contribution in [2.45, 2.75) is 6.61 Å².